The molecule has 0 amide bonds. The van der Waals surface area contributed by atoms with Crippen LogP contribution in [0.3, 0.4) is 0 Å². The Morgan fingerprint density at radius 3 is 2.83 bits per heavy atom. The van der Waals surface area contributed by atoms with Crippen molar-refractivity contribution in [2.24, 2.45) is 4.99 Å². The molecule has 0 aromatic heterocycles. The molecule has 0 saturated heterocycles. The zero-order chi connectivity index (χ0) is 4.41. The van der Waals surface area contributed by atoms with Crippen molar-refractivity contribution < 1.29 is 4.79 Å². The third kappa shape index (κ3) is 0.455. The van der Waals surface area contributed by atoms with Crippen molar-refractivity contribution in [2.75, 3.05) is 6.54 Å². The lowest BCUT2D eigenvalue weighted by Gasteiger charge is -1.68. The minimum atomic E-state index is 0.162. The quantitative estimate of drug-likeness (QED) is 0.406. The maximum absolute atomic E-state index is 10.1. The van der Waals surface area contributed by atoms with Crippen LogP contribution < -0.4 is 0 Å². The highest BCUT2D eigenvalue weighted by Crippen LogP contribution is 1.88. The Morgan fingerprint density at radius 1 is 1.83 bits per heavy atom. The fourth-order valence-electron chi connectivity index (χ4n) is 0.406. The molecule has 1 rings (SSSR count). The van der Waals surface area contributed by atoms with E-state index in [9.17, 15) is 4.79 Å². The van der Waals surface area contributed by atoms with Gasteiger partial charge in [0.1, 0.15) is 0 Å². The average Bonchev–Trinajstić information content (AvgIpc) is 1.86. The molecule has 2 nitrogen and oxygen atoms in total. The van der Waals surface area contributed by atoms with Gasteiger partial charge >= 0.3 is 0 Å². The summed E-state index contributed by atoms with van der Waals surface area (Å²) in [4.78, 5) is 13.8. The van der Waals surface area contributed by atoms with Crippen LogP contribution in [0.25, 0.3) is 0 Å². The van der Waals surface area contributed by atoms with Crippen LogP contribution in [0.1, 0.15) is 6.42 Å². The summed E-state index contributed by atoms with van der Waals surface area (Å²) in [5.74, 6) is 0.162. The first-order chi connectivity index (χ1) is 2.89. The maximum Gasteiger partial charge on any atom is 0.175 e. The van der Waals surface area contributed by atoms with Gasteiger partial charge in [-0.15, -0.1) is 0 Å². The molecule has 1 aliphatic heterocycles. The van der Waals surface area contributed by atoms with Crippen LogP contribution in [0.4, 0.5) is 0 Å². The van der Waals surface area contributed by atoms with Gasteiger partial charge < -0.3 is 0 Å². The van der Waals surface area contributed by atoms with Gasteiger partial charge in [0.2, 0.25) is 0 Å². The first-order valence-electron chi connectivity index (χ1n) is 1.92. The molecule has 0 bridgehead atoms. The van der Waals surface area contributed by atoms with Crippen molar-refractivity contribution in [1.82, 2.24) is 0 Å². The van der Waals surface area contributed by atoms with E-state index in [1.54, 1.807) is 0 Å². The van der Waals surface area contributed by atoms with E-state index in [1.807, 2.05) is 0 Å². The predicted octanol–water partition coefficient (Wildman–Crippen LogP) is 0.0300. The number of Topliss-reactive ketones (excluding diaryl/α,β-unsaturated/α-hetero) is 1. The van der Waals surface area contributed by atoms with Gasteiger partial charge in [0, 0.05) is 13.0 Å². The van der Waals surface area contributed by atoms with E-state index in [0.717, 1.165) is 0 Å². The third-order valence-electron chi connectivity index (χ3n) is 0.723. The van der Waals surface area contributed by atoms with Crippen LogP contribution in [0.5, 0.6) is 0 Å². The summed E-state index contributed by atoms with van der Waals surface area (Å²) in [5.41, 5.74) is 0. The zero-order valence-corrected chi connectivity index (χ0v) is 3.35. The maximum atomic E-state index is 10.1. The zero-order valence-electron chi connectivity index (χ0n) is 3.35. The van der Waals surface area contributed by atoms with Crippen LogP contribution in [0, 0.1) is 0 Å². The van der Waals surface area contributed by atoms with E-state index in [1.165, 1.54) is 6.21 Å². The predicted molar refractivity (Wildman–Crippen MR) is 23.0 cm³/mol. The van der Waals surface area contributed by atoms with Gasteiger partial charge in [-0.1, -0.05) is 0 Å². The molecule has 0 aromatic carbocycles. The van der Waals surface area contributed by atoms with Crippen LogP contribution in [-0.2, 0) is 4.79 Å². The van der Waals surface area contributed by atoms with Crippen molar-refractivity contribution in [3.63, 3.8) is 0 Å². The number of rotatable bonds is 0. The Morgan fingerprint density at radius 2 is 2.67 bits per heavy atom. The largest absolute Gasteiger partial charge is 0.293 e. The minimum absolute atomic E-state index is 0.162. The van der Waals surface area contributed by atoms with Gasteiger partial charge in [-0.05, 0) is 0 Å². The molecular weight excluding hydrogens is 78.0 g/mol. The van der Waals surface area contributed by atoms with Crippen LogP contribution >= 0.6 is 0 Å². The first kappa shape index (κ1) is 3.53. The lowest BCUT2D eigenvalue weighted by Crippen LogP contribution is -1.89. The first-order valence-corrected chi connectivity index (χ1v) is 1.92. The number of ketones is 1. The fraction of sp³-hybridized carbons (Fsp3) is 0.500. The van der Waals surface area contributed by atoms with E-state index in [0.29, 0.717) is 13.0 Å². The second-order valence-electron chi connectivity index (χ2n) is 1.25. The summed E-state index contributed by atoms with van der Waals surface area (Å²) in [6, 6.07) is 0. The molecular formula is C4H5NO. The van der Waals surface area contributed by atoms with Gasteiger partial charge in [0.15, 0.2) is 5.78 Å². The Bertz CT molecular complexity index is 95.7. The number of nitrogens with zero attached hydrogens (tertiary/aromatic N) is 1. The summed E-state index contributed by atoms with van der Waals surface area (Å²) >= 11 is 0. The molecule has 0 N–H and O–H groups in total. The SMILES string of the molecule is O=C1C=NCC1. The molecule has 6 heavy (non-hydrogen) atoms. The second-order valence-corrected chi connectivity index (χ2v) is 1.25. The topological polar surface area (TPSA) is 29.4 Å². The van der Waals surface area contributed by atoms with Crippen molar-refractivity contribution in [2.45, 2.75) is 6.42 Å². The normalized spacial score (nSPS) is 19.7. The summed E-state index contributed by atoms with van der Waals surface area (Å²) in [7, 11) is 0. The summed E-state index contributed by atoms with van der Waals surface area (Å²) in [6.45, 7) is 0.707. The molecule has 1 heterocycles. The lowest BCUT2D eigenvalue weighted by molar-refractivity contribution is -0.111. The standard InChI is InChI=1S/C4H5NO/c6-4-1-2-5-3-4/h3H,1-2H2. The molecule has 0 aliphatic carbocycles. The number of carbonyl (C=O) groups excluding carboxylic acids is 1. The van der Waals surface area contributed by atoms with E-state index >= 15 is 0 Å². The van der Waals surface area contributed by atoms with E-state index in [4.69, 9.17) is 0 Å². The summed E-state index contributed by atoms with van der Waals surface area (Å²) in [5, 5.41) is 0. The van der Waals surface area contributed by atoms with E-state index < -0.39 is 0 Å². The highest BCUT2D eigenvalue weighted by atomic mass is 16.1. The molecule has 1 aliphatic rings. The summed E-state index contributed by atoms with van der Waals surface area (Å²) < 4.78 is 0. The Labute approximate surface area is 35.9 Å². The highest BCUT2D eigenvalue weighted by molar-refractivity contribution is 6.28. The van der Waals surface area contributed by atoms with E-state index in [-0.39, 0.29) is 5.78 Å². The second kappa shape index (κ2) is 1.20. The molecule has 0 spiro atoms. The monoisotopic (exact) mass is 83.0 g/mol. The molecule has 0 unspecified atom stereocenters. The van der Waals surface area contributed by atoms with Crippen LogP contribution in [-0.4, -0.2) is 18.5 Å². The third-order valence-corrected chi connectivity index (χ3v) is 0.723. The van der Waals surface area contributed by atoms with E-state index in [2.05, 4.69) is 4.99 Å². The minimum Gasteiger partial charge on any atom is -0.293 e. The number of hydrogen-bond acceptors (Lipinski definition) is 2. The van der Waals surface area contributed by atoms with Crippen molar-refractivity contribution >= 4 is 12.0 Å². The molecule has 0 saturated carbocycles. The van der Waals surface area contributed by atoms with Gasteiger partial charge in [0.05, 0.1) is 6.21 Å². The van der Waals surface area contributed by atoms with Crippen molar-refractivity contribution in [3.05, 3.63) is 0 Å². The molecule has 32 valence electrons. The number of aliphatic imine (C=N–C) groups is 1. The molecule has 0 radical (unpaired) electrons. The van der Waals surface area contributed by atoms with Gasteiger partial charge in [-0.25, -0.2) is 0 Å². The molecule has 0 fully saturated rings. The highest BCUT2D eigenvalue weighted by Gasteiger charge is 2.00. The fourth-order valence-corrected chi connectivity index (χ4v) is 0.406. The molecule has 0 aromatic rings. The smallest absolute Gasteiger partial charge is 0.175 e. The van der Waals surface area contributed by atoms with Crippen LogP contribution in [0.15, 0.2) is 4.99 Å². The lowest BCUT2D eigenvalue weighted by atomic mass is 10.4. The van der Waals surface area contributed by atoms with Gasteiger partial charge in [-0.3, -0.25) is 9.79 Å². The molecule has 2 heteroatoms. The Hall–Kier alpha value is -0.660. The van der Waals surface area contributed by atoms with Gasteiger partial charge in [-0.2, -0.15) is 0 Å². The van der Waals surface area contributed by atoms with Crippen LogP contribution in [0.2, 0.25) is 0 Å². The van der Waals surface area contributed by atoms with Crippen molar-refractivity contribution in [1.29, 1.82) is 0 Å². The number of hydrogen-bond donors (Lipinski definition) is 0. The Balaban J connectivity index is 2.59. The Kier molecular flexibility index (Phi) is 0.708. The summed E-state index contributed by atoms with van der Waals surface area (Å²) in [6.07, 6.45) is 2.01. The number of carbonyl (C=O) groups is 1. The average molecular weight is 83.1 g/mol. The molecule has 0 atom stereocenters. The van der Waals surface area contributed by atoms with Gasteiger partial charge in [0.25, 0.3) is 0 Å². The van der Waals surface area contributed by atoms with Crippen molar-refractivity contribution in [3.8, 4) is 0 Å².